The highest BCUT2D eigenvalue weighted by Crippen LogP contribution is 2.19. The molecule has 0 spiro atoms. The van der Waals surface area contributed by atoms with Gasteiger partial charge in [0.2, 0.25) is 5.13 Å². The van der Waals surface area contributed by atoms with E-state index in [0.29, 0.717) is 0 Å². The molecular weight excluding hydrogens is 220 g/mol. The fourth-order valence-electron chi connectivity index (χ4n) is 1.44. The summed E-state index contributed by atoms with van der Waals surface area (Å²) in [5.41, 5.74) is 7.82. The first-order valence-electron chi connectivity index (χ1n) is 5.01. The van der Waals surface area contributed by atoms with Gasteiger partial charge in [0, 0.05) is 30.8 Å². The van der Waals surface area contributed by atoms with Crippen molar-refractivity contribution in [1.82, 2.24) is 9.36 Å². The lowest BCUT2D eigenvalue weighted by atomic mass is 10.2. The Balaban J connectivity index is 2.13. The number of aromatic nitrogens is 2. The minimum absolute atomic E-state index is 0.751. The number of nitrogens with zero attached hydrogens (tertiary/aromatic N) is 3. The summed E-state index contributed by atoms with van der Waals surface area (Å²) >= 11 is 1.41. The summed E-state index contributed by atoms with van der Waals surface area (Å²) in [6.07, 6.45) is 0. The molecule has 0 saturated carbocycles. The van der Waals surface area contributed by atoms with E-state index in [0.717, 1.165) is 28.8 Å². The molecule has 1 aromatic carbocycles. The highest BCUT2D eigenvalue weighted by atomic mass is 32.1. The van der Waals surface area contributed by atoms with E-state index in [-0.39, 0.29) is 0 Å². The van der Waals surface area contributed by atoms with Crippen LogP contribution in [0, 0.1) is 6.92 Å². The fraction of sp³-hybridized carbons (Fsp3) is 0.273. The van der Waals surface area contributed by atoms with E-state index in [1.165, 1.54) is 11.5 Å². The second kappa shape index (κ2) is 4.49. The first kappa shape index (κ1) is 10.9. The molecule has 5 heteroatoms. The summed E-state index contributed by atoms with van der Waals surface area (Å²) in [6.45, 7) is 2.64. The number of hydrogen-bond acceptors (Lipinski definition) is 5. The molecule has 84 valence electrons. The molecule has 0 amide bonds. The summed E-state index contributed by atoms with van der Waals surface area (Å²) in [7, 11) is 1.99. The van der Waals surface area contributed by atoms with Crippen molar-refractivity contribution in [2.45, 2.75) is 13.5 Å². The molecule has 2 aromatic rings. The summed E-state index contributed by atoms with van der Waals surface area (Å²) in [6, 6.07) is 7.87. The van der Waals surface area contributed by atoms with E-state index in [9.17, 15) is 0 Å². The number of para-hydroxylation sites is 1. The lowest BCUT2D eigenvalue weighted by Crippen LogP contribution is -2.17. The van der Waals surface area contributed by atoms with Gasteiger partial charge in [0.1, 0.15) is 5.82 Å². The predicted octanol–water partition coefficient (Wildman–Crippen LogP) is 2.07. The van der Waals surface area contributed by atoms with Crippen molar-refractivity contribution in [3.8, 4) is 0 Å². The average Bonchev–Trinajstić information content (AvgIpc) is 2.68. The normalized spacial score (nSPS) is 10.4. The maximum absolute atomic E-state index is 5.89. The van der Waals surface area contributed by atoms with Crippen molar-refractivity contribution >= 4 is 22.4 Å². The van der Waals surface area contributed by atoms with E-state index in [1.807, 2.05) is 38.2 Å². The summed E-state index contributed by atoms with van der Waals surface area (Å²) in [4.78, 5) is 6.38. The minimum Gasteiger partial charge on any atom is -0.398 e. The number of nitrogens with two attached hydrogens (primary N) is 1. The Morgan fingerprint density at radius 2 is 2.12 bits per heavy atom. The molecule has 0 aliphatic heterocycles. The molecule has 0 unspecified atom stereocenters. The SMILES string of the molecule is Cc1nsc(N(C)Cc2ccccc2N)n1. The number of benzene rings is 1. The Labute approximate surface area is 98.9 Å². The number of rotatable bonds is 3. The molecular formula is C11H14N4S. The van der Waals surface area contributed by atoms with Crippen LogP contribution in [-0.2, 0) is 6.54 Å². The van der Waals surface area contributed by atoms with Crippen LogP contribution in [0.2, 0.25) is 0 Å². The number of anilines is 2. The van der Waals surface area contributed by atoms with Crippen molar-refractivity contribution in [1.29, 1.82) is 0 Å². The molecule has 1 heterocycles. The van der Waals surface area contributed by atoms with Gasteiger partial charge < -0.3 is 10.6 Å². The van der Waals surface area contributed by atoms with Gasteiger partial charge in [-0.3, -0.25) is 0 Å². The first-order valence-corrected chi connectivity index (χ1v) is 5.79. The van der Waals surface area contributed by atoms with Crippen LogP contribution in [0.25, 0.3) is 0 Å². The van der Waals surface area contributed by atoms with Gasteiger partial charge in [-0.1, -0.05) is 18.2 Å². The molecule has 2 rings (SSSR count). The Morgan fingerprint density at radius 3 is 2.75 bits per heavy atom. The molecule has 16 heavy (non-hydrogen) atoms. The molecule has 0 aliphatic rings. The fourth-order valence-corrected chi connectivity index (χ4v) is 2.07. The molecule has 0 fully saturated rings. The van der Waals surface area contributed by atoms with Crippen molar-refractivity contribution in [3.05, 3.63) is 35.7 Å². The second-order valence-corrected chi connectivity index (χ2v) is 4.41. The Bertz CT molecular complexity index is 480. The lowest BCUT2D eigenvalue weighted by molar-refractivity contribution is 0.911. The maximum Gasteiger partial charge on any atom is 0.205 e. The van der Waals surface area contributed by atoms with Gasteiger partial charge in [0.25, 0.3) is 0 Å². The third kappa shape index (κ3) is 2.30. The van der Waals surface area contributed by atoms with Crippen molar-refractivity contribution in [3.63, 3.8) is 0 Å². The van der Waals surface area contributed by atoms with E-state index in [1.54, 1.807) is 0 Å². The number of nitrogen functional groups attached to an aromatic ring is 1. The molecule has 4 nitrogen and oxygen atoms in total. The monoisotopic (exact) mass is 234 g/mol. The molecule has 0 atom stereocenters. The highest BCUT2D eigenvalue weighted by molar-refractivity contribution is 7.09. The zero-order valence-corrected chi connectivity index (χ0v) is 10.2. The van der Waals surface area contributed by atoms with Crippen molar-refractivity contribution < 1.29 is 0 Å². The molecule has 2 N–H and O–H groups in total. The van der Waals surface area contributed by atoms with Crippen LogP contribution in [0.4, 0.5) is 10.8 Å². The van der Waals surface area contributed by atoms with Crippen LogP contribution in [0.3, 0.4) is 0 Å². The summed E-state index contributed by atoms with van der Waals surface area (Å²) in [5, 5.41) is 0.917. The predicted molar refractivity (Wildman–Crippen MR) is 67.6 cm³/mol. The van der Waals surface area contributed by atoms with Crippen molar-refractivity contribution in [2.24, 2.45) is 0 Å². The molecule has 0 bridgehead atoms. The van der Waals surface area contributed by atoms with Gasteiger partial charge in [-0.05, 0) is 18.6 Å². The number of hydrogen-bond donors (Lipinski definition) is 1. The first-order chi connectivity index (χ1) is 7.66. The van der Waals surface area contributed by atoms with Crippen LogP contribution in [0.1, 0.15) is 11.4 Å². The van der Waals surface area contributed by atoms with Crippen LogP contribution >= 0.6 is 11.5 Å². The molecule has 0 aliphatic carbocycles. The minimum atomic E-state index is 0.751. The van der Waals surface area contributed by atoms with E-state index < -0.39 is 0 Å². The third-order valence-corrected chi connectivity index (χ3v) is 3.23. The highest BCUT2D eigenvalue weighted by Gasteiger charge is 2.08. The van der Waals surface area contributed by atoms with Crippen LogP contribution < -0.4 is 10.6 Å². The Morgan fingerprint density at radius 1 is 1.38 bits per heavy atom. The topological polar surface area (TPSA) is 55.0 Å². The average molecular weight is 234 g/mol. The number of aryl methyl sites for hydroxylation is 1. The van der Waals surface area contributed by atoms with E-state index in [4.69, 9.17) is 5.73 Å². The smallest absolute Gasteiger partial charge is 0.205 e. The standard InChI is InChI=1S/C11H14N4S/c1-8-13-11(16-14-8)15(2)7-9-5-3-4-6-10(9)12/h3-6H,7,12H2,1-2H3. The largest absolute Gasteiger partial charge is 0.398 e. The van der Waals surface area contributed by atoms with Gasteiger partial charge in [-0.2, -0.15) is 4.37 Å². The maximum atomic E-state index is 5.89. The zero-order valence-electron chi connectivity index (χ0n) is 9.34. The summed E-state index contributed by atoms with van der Waals surface area (Å²) in [5.74, 6) is 0.813. The van der Waals surface area contributed by atoms with Crippen LogP contribution in [0.15, 0.2) is 24.3 Å². The van der Waals surface area contributed by atoms with E-state index in [2.05, 4.69) is 14.3 Å². The molecule has 0 saturated heterocycles. The van der Waals surface area contributed by atoms with Gasteiger partial charge in [-0.25, -0.2) is 4.98 Å². The zero-order chi connectivity index (χ0) is 11.5. The van der Waals surface area contributed by atoms with E-state index >= 15 is 0 Å². The van der Waals surface area contributed by atoms with Crippen molar-refractivity contribution in [2.75, 3.05) is 17.7 Å². The molecule has 0 radical (unpaired) electrons. The second-order valence-electron chi connectivity index (χ2n) is 3.68. The Kier molecular flexibility index (Phi) is 3.05. The lowest BCUT2D eigenvalue weighted by Gasteiger charge is -2.16. The van der Waals surface area contributed by atoms with Gasteiger partial charge >= 0.3 is 0 Å². The molecule has 1 aromatic heterocycles. The van der Waals surface area contributed by atoms with Gasteiger partial charge in [-0.15, -0.1) is 0 Å². The Hall–Kier alpha value is -1.62. The van der Waals surface area contributed by atoms with Gasteiger partial charge in [0.05, 0.1) is 0 Å². The third-order valence-electron chi connectivity index (χ3n) is 2.31. The van der Waals surface area contributed by atoms with Gasteiger partial charge in [0.15, 0.2) is 0 Å². The van der Waals surface area contributed by atoms with Crippen LogP contribution in [0.5, 0.6) is 0 Å². The quantitative estimate of drug-likeness (QED) is 0.826. The summed E-state index contributed by atoms with van der Waals surface area (Å²) < 4.78 is 4.16. The van der Waals surface area contributed by atoms with Crippen LogP contribution in [-0.4, -0.2) is 16.4 Å².